The second-order valence-electron chi connectivity index (χ2n) is 5.74. The van der Waals surface area contributed by atoms with Gasteiger partial charge in [-0.15, -0.1) is 11.8 Å². The molecule has 0 saturated carbocycles. The molecule has 8 heteroatoms. The lowest BCUT2D eigenvalue weighted by atomic mass is 10.2. The average molecular weight is 360 g/mol. The summed E-state index contributed by atoms with van der Waals surface area (Å²) in [6.07, 6.45) is 0.911. The monoisotopic (exact) mass is 360 g/mol. The van der Waals surface area contributed by atoms with Crippen molar-refractivity contribution >= 4 is 35.3 Å². The molecule has 1 aromatic carbocycles. The van der Waals surface area contributed by atoms with Crippen molar-refractivity contribution in [2.75, 3.05) is 16.8 Å². The maximum Gasteiger partial charge on any atom is 0.232 e. The summed E-state index contributed by atoms with van der Waals surface area (Å²) in [5.41, 5.74) is 7.77. The zero-order valence-electron chi connectivity index (χ0n) is 14.7. The predicted octanol–water partition coefficient (Wildman–Crippen LogP) is 2.65. The molecule has 25 heavy (non-hydrogen) atoms. The molecule has 0 aliphatic carbocycles. The Morgan fingerprint density at radius 1 is 1.28 bits per heavy atom. The minimum Gasteiger partial charge on any atom is -0.368 e. The molecule has 2 aromatic rings. The third-order valence-corrected chi connectivity index (χ3v) is 4.50. The summed E-state index contributed by atoms with van der Waals surface area (Å²) in [5.74, 6) is 1.97. The fraction of sp³-hybridized carbons (Fsp3) is 0.412. The van der Waals surface area contributed by atoms with Crippen molar-refractivity contribution in [2.24, 2.45) is 0 Å². The highest BCUT2D eigenvalue weighted by Gasteiger charge is 2.09. The van der Waals surface area contributed by atoms with Crippen LogP contribution in [0.5, 0.6) is 0 Å². The van der Waals surface area contributed by atoms with Crippen LogP contribution in [0.1, 0.15) is 31.7 Å². The Morgan fingerprint density at radius 2 is 2.04 bits per heavy atom. The first kappa shape index (κ1) is 19.0. The summed E-state index contributed by atoms with van der Waals surface area (Å²) in [5, 5.41) is 6.08. The summed E-state index contributed by atoms with van der Waals surface area (Å²) in [6.45, 7) is 6.02. The molecule has 1 aromatic heterocycles. The summed E-state index contributed by atoms with van der Waals surface area (Å²) in [6, 6.07) is 8.04. The molecule has 1 amide bonds. The molecule has 0 radical (unpaired) electrons. The van der Waals surface area contributed by atoms with Crippen LogP contribution in [-0.2, 0) is 10.5 Å². The molecule has 0 spiro atoms. The second-order valence-corrected chi connectivity index (χ2v) is 6.73. The van der Waals surface area contributed by atoms with Gasteiger partial charge in [-0.2, -0.15) is 15.0 Å². The number of hydrogen-bond donors (Lipinski definition) is 3. The lowest BCUT2D eigenvalue weighted by Crippen LogP contribution is -2.33. The zero-order chi connectivity index (χ0) is 18.2. The summed E-state index contributed by atoms with van der Waals surface area (Å²) in [4.78, 5) is 24.4. The van der Waals surface area contributed by atoms with Crippen LogP contribution in [0.3, 0.4) is 0 Å². The van der Waals surface area contributed by atoms with Gasteiger partial charge < -0.3 is 16.4 Å². The van der Waals surface area contributed by atoms with E-state index in [9.17, 15) is 4.79 Å². The maximum absolute atomic E-state index is 11.8. The molecule has 7 nitrogen and oxygen atoms in total. The highest BCUT2D eigenvalue weighted by molar-refractivity contribution is 7.99. The van der Waals surface area contributed by atoms with Crippen LogP contribution in [0, 0.1) is 6.92 Å². The Morgan fingerprint density at radius 3 is 2.76 bits per heavy atom. The van der Waals surface area contributed by atoms with Crippen LogP contribution >= 0.6 is 11.8 Å². The van der Waals surface area contributed by atoms with Crippen molar-refractivity contribution in [1.82, 2.24) is 20.3 Å². The van der Waals surface area contributed by atoms with Crippen molar-refractivity contribution in [3.63, 3.8) is 0 Å². The quantitative estimate of drug-likeness (QED) is 0.664. The summed E-state index contributed by atoms with van der Waals surface area (Å²) < 4.78 is 0. The van der Waals surface area contributed by atoms with Crippen LogP contribution in [0.4, 0.5) is 17.6 Å². The largest absolute Gasteiger partial charge is 0.368 e. The molecule has 1 atom stereocenters. The highest BCUT2D eigenvalue weighted by Crippen LogP contribution is 2.18. The van der Waals surface area contributed by atoms with E-state index in [0.717, 1.165) is 17.7 Å². The number of benzene rings is 1. The van der Waals surface area contributed by atoms with Gasteiger partial charge in [-0.3, -0.25) is 4.79 Å². The van der Waals surface area contributed by atoms with Gasteiger partial charge in [0.2, 0.25) is 17.8 Å². The molecular formula is C17H24N6OS. The van der Waals surface area contributed by atoms with Crippen molar-refractivity contribution < 1.29 is 4.79 Å². The molecular weight excluding hydrogens is 336 g/mol. The number of nitrogens with zero attached hydrogens (tertiary/aromatic N) is 3. The molecule has 134 valence electrons. The van der Waals surface area contributed by atoms with Gasteiger partial charge in [0.05, 0.1) is 11.5 Å². The molecule has 1 heterocycles. The second kappa shape index (κ2) is 9.22. The van der Waals surface area contributed by atoms with E-state index in [2.05, 4.69) is 25.6 Å². The van der Waals surface area contributed by atoms with Crippen LogP contribution < -0.4 is 16.4 Å². The lowest BCUT2D eigenvalue weighted by molar-refractivity contribution is -0.119. The SMILES string of the molecule is CC[C@H](C)NC(=O)CSCc1nc(N)nc(Nc2ccccc2C)n1. The van der Waals surface area contributed by atoms with E-state index >= 15 is 0 Å². The number of aromatic nitrogens is 3. The van der Waals surface area contributed by atoms with E-state index in [-0.39, 0.29) is 17.9 Å². The van der Waals surface area contributed by atoms with Crippen LogP contribution in [0.15, 0.2) is 24.3 Å². The molecule has 4 N–H and O–H groups in total. The third kappa shape index (κ3) is 6.22. The van der Waals surface area contributed by atoms with Crippen molar-refractivity contribution in [2.45, 2.75) is 39.0 Å². The van der Waals surface area contributed by atoms with Gasteiger partial charge in [0.1, 0.15) is 5.82 Å². The van der Waals surface area contributed by atoms with Crippen LogP contribution in [0.25, 0.3) is 0 Å². The number of carbonyl (C=O) groups excluding carboxylic acids is 1. The van der Waals surface area contributed by atoms with Gasteiger partial charge in [-0.05, 0) is 31.9 Å². The predicted molar refractivity (Wildman–Crippen MR) is 103 cm³/mol. The number of aryl methyl sites for hydroxylation is 1. The molecule has 2 rings (SSSR count). The van der Waals surface area contributed by atoms with E-state index in [1.807, 2.05) is 45.0 Å². The fourth-order valence-electron chi connectivity index (χ4n) is 2.05. The van der Waals surface area contributed by atoms with E-state index in [4.69, 9.17) is 5.73 Å². The van der Waals surface area contributed by atoms with Gasteiger partial charge in [-0.1, -0.05) is 25.1 Å². The number of carbonyl (C=O) groups is 1. The van der Waals surface area contributed by atoms with Crippen LogP contribution in [0.2, 0.25) is 0 Å². The average Bonchev–Trinajstić information content (AvgIpc) is 2.56. The van der Waals surface area contributed by atoms with Gasteiger partial charge >= 0.3 is 0 Å². The van der Waals surface area contributed by atoms with E-state index in [1.165, 1.54) is 11.8 Å². The Balaban J connectivity index is 1.95. The number of amides is 1. The standard InChI is InChI=1S/C17H24N6OS/c1-4-12(3)19-15(24)10-25-9-14-21-16(18)23-17(22-14)20-13-8-6-5-7-11(13)2/h5-8,12H,4,9-10H2,1-3H3,(H,19,24)(H3,18,20,21,22,23)/t12-/m0/s1. The first-order chi connectivity index (χ1) is 12.0. The number of anilines is 3. The number of nitrogens with two attached hydrogens (primary N) is 1. The van der Waals surface area contributed by atoms with Gasteiger partial charge in [0.25, 0.3) is 0 Å². The summed E-state index contributed by atoms with van der Waals surface area (Å²) >= 11 is 1.45. The molecule has 0 fully saturated rings. The number of nitrogen functional groups attached to an aromatic ring is 1. The molecule has 0 aliphatic heterocycles. The number of thioether (sulfide) groups is 1. The lowest BCUT2D eigenvalue weighted by Gasteiger charge is -2.11. The number of rotatable bonds is 8. The first-order valence-corrected chi connectivity index (χ1v) is 9.33. The molecule has 0 unspecified atom stereocenters. The third-order valence-electron chi connectivity index (χ3n) is 3.57. The highest BCUT2D eigenvalue weighted by atomic mass is 32.2. The van der Waals surface area contributed by atoms with Crippen molar-refractivity contribution in [3.05, 3.63) is 35.7 Å². The van der Waals surface area contributed by atoms with Crippen molar-refractivity contribution in [3.8, 4) is 0 Å². The normalized spacial score (nSPS) is 11.8. The van der Waals surface area contributed by atoms with Gasteiger partial charge in [0.15, 0.2) is 0 Å². The number of hydrogen-bond acceptors (Lipinski definition) is 7. The Kier molecular flexibility index (Phi) is 7.00. The zero-order valence-corrected chi connectivity index (χ0v) is 15.6. The molecule has 0 bridgehead atoms. The fourth-order valence-corrected chi connectivity index (χ4v) is 2.73. The van der Waals surface area contributed by atoms with E-state index in [1.54, 1.807) is 0 Å². The first-order valence-electron chi connectivity index (χ1n) is 8.18. The van der Waals surface area contributed by atoms with Crippen molar-refractivity contribution in [1.29, 1.82) is 0 Å². The Hall–Kier alpha value is -2.35. The van der Waals surface area contributed by atoms with E-state index in [0.29, 0.717) is 23.3 Å². The van der Waals surface area contributed by atoms with Crippen LogP contribution in [-0.4, -0.2) is 32.7 Å². The Bertz CT molecular complexity index is 724. The van der Waals surface area contributed by atoms with E-state index < -0.39 is 0 Å². The molecule has 0 saturated heterocycles. The van der Waals surface area contributed by atoms with Gasteiger partial charge in [0, 0.05) is 11.7 Å². The Labute approximate surface area is 152 Å². The summed E-state index contributed by atoms with van der Waals surface area (Å²) in [7, 11) is 0. The molecule has 0 aliphatic rings. The smallest absolute Gasteiger partial charge is 0.232 e. The number of nitrogens with one attached hydrogen (secondary N) is 2. The van der Waals surface area contributed by atoms with Gasteiger partial charge in [-0.25, -0.2) is 0 Å². The topological polar surface area (TPSA) is 106 Å². The minimum absolute atomic E-state index is 0.0136. The maximum atomic E-state index is 11.8. The minimum atomic E-state index is 0.0136. The number of para-hydroxylation sites is 1.